The monoisotopic (exact) mass is 417 g/mol. The fourth-order valence-corrected chi connectivity index (χ4v) is 5.80. The van der Waals surface area contributed by atoms with Crippen LogP contribution in [0.1, 0.15) is 0 Å². The Morgan fingerprint density at radius 1 is 0.774 bits per heavy atom. The van der Waals surface area contributed by atoms with Crippen LogP contribution in [-0.2, 0) is 0 Å². The smallest absolute Gasteiger partial charge is 0.0822 e. The quantitative estimate of drug-likeness (QED) is 0.291. The van der Waals surface area contributed by atoms with Gasteiger partial charge in [0.1, 0.15) is 0 Å². The zero-order valence-electron chi connectivity index (χ0n) is 17.9. The van der Waals surface area contributed by atoms with Crippen molar-refractivity contribution >= 4 is 52.0 Å². The van der Waals surface area contributed by atoms with Crippen molar-refractivity contribution in [2.24, 2.45) is 0 Å². The molecule has 3 heterocycles. The van der Waals surface area contributed by atoms with Crippen molar-refractivity contribution in [1.82, 2.24) is 9.97 Å². The van der Waals surface area contributed by atoms with Crippen molar-refractivity contribution in [2.75, 3.05) is 4.90 Å². The molecule has 0 aliphatic carbocycles. The van der Waals surface area contributed by atoms with Crippen LogP contribution >= 0.6 is 0 Å². The first-order chi connectivity index (χ1) is 15.0. The molecule has 0 saturated carbocycles. The number of benzene rings is 3. The van der Waals surface area contributed by atoms with Crippen LogP contribution in [0, 0.1) is 0 Å². The molecule has 1 aliphatic rings. The number of aromatic nitrogens is 2. The molecule has 0 atom stereocenters. The predicted molar refractivity (Wildman–Crippen MR) is 134 cm³/mol. The maximum atomic E-state index is 4.87. The van der Waals surface area contributed by atoms with Gasteiger partial charge in [0, 0.05) is 34.4 Å². The van der Waals surface area contributed by atoms with Gasteiger partial charge in [0.15, 0.2) is 0 Å². The summed E-state index contributed by atoms with van der Waals surface area (Å²) in [7, 11) is -1.53. The lowest BCUT2D eigenvalue weighted by Crippen LogP contribution is -2.38. The average molecular weight is 418 g/mol. The Kier molecular flexibility index (Phi) is 3.83. The molecule has 4 heteroatoms. The van der Waals surface area contributed by atoms with Crippen molar-refractivity contribution in [3.05, 3.63) is 85.2 Å². The highest BCUT2D eigenvalue weighted by molar-refractivity contribution is 6.89. The average Bonchev–Trinajstić information content (AvgIpc) is 2.79. The molecule has 2 aromatic heterocycles. The molecule has 0 spiro atoms. The molecular formula is C27H23N3Si. The Morgan fingerprint density at radius 3 is 2.42 bits per heavy atom. The van der Waals surface area contributed by atoms with E-state index in [1.54, 1.807) is 0 Å². The molecular weight excluding hydrogens is 394 g/mol. The molecule has 6 rings (SSSR count). The van der Waals surface area contributed by atoms with E-state index in [0.717, 1.165) is 33.5 Å². The van der Waals surface area contributed by atoms with Crippen LogP contribution < -0.4 is 10.1 Å². The molecule has 0 unspecified atom stereocenters. The second kappa shape index (κ2) is 6.50. The fraction of sp³-hybridized carbons (Fsp3) is 0.111. The summed E-state index contributed by atoms with van der Waals surface area (Å²) in [5, 5.41) is 5.09. The maximum Gasteiger partial charge on any atom is 0.0822 e. The molecule has 0 saturated heterocycles. The highest BCUT2D eigenvalue weighted by atomic mass is 28.3. The zero-order chi connectivity index (χ0) is 21.2. The normalized spacial score (nSPS) is 12.9. The number of pyridine rings is 2. The number of hydrogen-bond acceptors (Lipinski definition) is 3. The lowest BCUT2D eigenvalue weighted by atomic mass is 9.93. The van der Waals surface area contributed by atoms with Gasteiger partial charge in [0.05, 0.1) is 30.7 Å². The third-order valence-electron chi connectivity index (χ3n) is 6.20. The van der Waals surface area contributed by atoms with Crippen LogP contribution in [0.4, 0.5) is 17.1 Å². The standard InChI is InChI=1S/C27H23N3Si/c1-31(2,3)20-16-18-13-15-29-26-22-11-12-23-21(10-7-14-28-23)27(22)30(24(17-20)25(18)26)19-8-5-4-6-9-19/h4-17H,1-3H3. The van der Waals surface area contributed by atoms with Gasteiger partial charge >= 0.3 is 0 Å². The fourth-order valence-electron chi connectivity index (χ4n) is 4.64. The summed E-state index contributed by atoms with van der Waals surface area (Å²) in [6, 6.07) is 26.1. The maximum absolute atomic E-state index is 4.87. The van der Waals surface area contributed by atoms with Gasteiger partial charge in [0.25, 0.3) is 0 Å². The summed E-state index contributed by atoms with van der Waals surface area (Å²) >= 11 is 0. The minimum atomic E-state index is -1.53. The van der Waals surface area contributed by atoms with Crippen LogP contribution in [0.25, 0.3) is 32.9 Å². The number of rotatable bonds is 2. The lowest BCUT2D eigenvalue weighted by Gasteiger charge is -2.35. The molecule has 5 aromatic rings. The predicted octanol–water partition coefficient (Wildman–Crippen LogP) is 6.78. The Morgan fingerprint density at radius 2 is 1.61 bits per heavy atom. The van der Waals surface area contributed by atoms with E-state index in [9.17, 15) is 0 Å². The van der Waals surface area contributed by atoms with Crippen molar-refractivity contribution in [3.8, 4) is 11.3 Å². The Balaban J connectivity index is 1.82. The molecule has 31 heavy (non-hydrogen) atoms. The largest absolute Gasteiger partial charge is 0.308 e. The molecule has 0 N–H and O–H groups in total. The number of fused-ring (bicyclic) bond motifs is 4. The molecule has 150 valence electrons. The minimum Gasteiger partial charge on any atom is -0.308 e. The third-order valence-corrected chi connectivity index (χ3v) is 8.22. The van der Waals surface area contributed by atoms with E-state index < -0.39 is 8.07 Å². The molecule has 1 aliphatic heterocycles. The summed E-state index contributed by atoms with van der Waals surface area (Å²) in [6.07, 6.45) is 3.81. The summed E-state index contributed by atoms with van der Waals surface area (Å²) in [4.78, 5) is 11.9. The zero-order valence-corrected chi connectivity index (χ0v) is 18.9. The highest BCUT2D eigenvalue weighted by Gasteiger charge is 2.30. The first-order valence-electron chi connectivity index (χ1n) is 10.7. The second-order valence-corrected chi connectivity index (χ2v) is 14.3. The Bertz CT molecular complexity index is 1470. The minimum absolute atomic E-state index is 0.999. The van der Waals surface area contributed by atoms with E-state index in [0.29, 0.717) is 0 Å². The van der Waals surface area contributed by atoms with Crippen molar-refractivity contribution < 1.29 is 0 Å². The second-order valence-electron chi connectivity index (χ2n) is 9.21. The Hall–Kier alpha value is -3.50. The number of hydrogen-bond donors (Lipinski definition) is 0. The van der Waals surface area contributed by atoms with Gasteiger partial charge in [-0.2, -0.15) is 0 Å². The van der Waals surface area contributed by atoms with Gasteiger partial charge < -0.3 is 4.90 Å². The molecule has 3 aromatic carbocycles. The van der Waals surface area contributed by atoms with E-state index in [4.69, 9.17) is 4.98 Å². The Labute approximate surface area is 183 Å². The molecule has 0 amide bonds. The number of anilines is 3. The van der Waals surface area contributed by atoms with Crippen LogP contribution in [0.5, 0.6) is 0 Å². The van der Waals surface area contributed by atoms with Gasteiger partial charge in [-0.25, -0.2) is 0 Å². The molecule has 0 radical (unpaired) electrons. The number of para-hydroxylation sites is 1. The summed E-state index contributed by atoms with van der Waals surface area (Å²) in [5.41, 5.74) is 6.75. The van der Waals surface area contributed by atoms with Crippen molar-refractivity contribution in [3.63, 3.8) is 0 Å². The molecule has 0 fully saturated rings. The van der Waals surface area contributed by atoms with Crippen LogP contribution in [-0.4, -0.2) is 18.0 Å². The van der Waals surface area contributed by atoms with Crippen molar-refractivity contribution in [1.29, 1.82) is 0 Å². The molecule has 0 bridgehead atoms. The van der Waals surface area contributed by atoms with Gasteiger partial charge in [0.2, 0.25) is 0 Å². The van der Waals surface area contributed by atoms with Gasteiger partial charge in [-0.05, 0) is 53.9 Å². The van der Waals surface area contributed by atoms with E-state index in [2.05, 4.69) is 96.3 Å². The van der Waals surface area contributed by atoms with E-state index in [1.165, 1.54) is 21.6 Å². The van der Waals surface area contributed by atoms with Gasteiger partial charge in [-0.15, -0.1) is 0 Å². The highest BCUT2D eigenvalue weighted by Crippen LogP contribution is 2.52. The van der Waals surface area contributed by atoms with Crippen LogP contribution in [0.2, 0.25) is 19.6 Å². The van der Waals surface area contributed by atoms with Crippen molar-refractivity contribution in [2.45, 2.75) is 19.6 Å². The van der Waals surface area contributed by atoms with Gasteiger partial charge in [-0.1, -0.05) is 49.1 Å². The van der Waals surface area contributed by atoms with E-state index in [-0.39, 0.29) is 0 Å². The lowest BCUT2D eigenvalue weighted by molar-refractivity contribution is 1.26. The number of nitrogens with zero attached hydrogens (tertiary/aromatic N) is 3. The van der Waals surface area contributed by atoms with Crippen LogP contribution in [0.15, 0.2) is 85.2 Å². The summed E-state index contributed by atoms with van der Waals surface area (Å²) in [6.45, 7) is 7.23. The first-order valence-corrected chi connectivity index (χ1v) is 14.2. The van der Waals surface area contributed by atoms with Gasteiger partial charge in [-0.3, -0.25) is 9.97 Å². The molecule has 3 nitrogen and oxygen atoms in total. The third kappa shape index (κ3) is 2.72. The summed E-state index contributed by atoms with van der Waals surface area (Å²) in [5.74, 6) is 0. The van der Waals surface area contributed by atoms with E-state index >= 15 is 0 Å². The summed E-state index contributed by atoms with van der Waals surface area (Å²) < 4.78 is 0. The topological polar surface area (TPSA) is 29.0 Å². The SMILES string of the molecule is C[Si](C)(C)c1cc2c3c(nccc3c1)-c1ccc3ncccc3c1N2c1ccccc1. The van der Waals surface area contributed by atoms with Crippen LogP contribution in [0.3, 0.4) is 0 Å². The first kappa shape index (κ1) is 18.3. The van der Waals surface area contributed by atoms with E-state index in [1.807, 2.05) is 18.5 Å².